The summed E-state index contributed by atoms with van der Waals surface area (Å²) in [5.74, 6) is 0.116. The number of piperidine rings is 1. The maximum absolute atomic E-state index is 13.0. The van der Waals surface area contributed by atoms with Crippen molar-refractivity contribution in [2.75, 3.05) is 19.6 Å². The van der Waals surface area contributed by atoms with Crippen LogP contribution in [0.1, 0.15) is 36.5 Å². The third-order valence-electron chi connectivity index (χ3n) is 4.13. The summed E-state index contributed by atoms with van der Waals surface area (Å²) >= 11 is 0. The Kier molecular flexibility index (Phi) is 4.20. The highest BCUT2D eigenvalue weighted by Gasteiger charge is 2.27. The monoisotopic (exact) mass is 286 g/mol. The highest BCUT2D eigenvalue weighted by molar-refractivity contribution is 6.00. The first-order valence-electron chi connectivity index (χ1n) is 7.75. The van der Waals surface area contributed by atoms with Crippen molar-refractivity contribution in [1.29, 1.82) is 0 Å². The summed E-state index contributed by atoms with van der Waals surface area (Å²) in [6, 6.07) is 6.16. The summed E-state index contributed by atoms with van der Waals surface area (Å²) in [7, 11) is 0. The van der Waals surface area contributed by atoms with Crippen LogP contribution in [0.2, 0.25) is 0 Å². The number of hydrogen-bond donors (Lipinski definition) is 1. The molecule has 112 valence electrons. The van der Waals surface area contributed by atoms with E-state index in [4.69, 9.17) is 0 Å². The number of carbonyl (C=O) groups is 1. The van der Waals surface area contributed by atoms with Crippen LogP contribution in [0.25, 0.3) is 5.52 Å². The van der Waals surface area contributed by atoms with Crippen LogP contribution in [0.4, 0.5) is 0 Å². The van der Waals surface area contributed by atoms with Gasteiger partial charge in [-0.25, -0.2) is 4.52 Å². The molecule has 0 aromatic carbocycles. The second-order valence-corrected chi connectivity index (χ2v) is 5.57. The average molecular weight is 286 g/mol. The fourth-order valence-corrected chi connectivity index (χ4v) is 3.06. The number of nitrogens with zero attached hydrogens (tertiary/aromatic N) is 3. The molecule has 2 aromatic heterocycles. The fraction of sp³-hybridized carbons (Fsp3) is 0.500. The number of nitrogens with one attached hydrogen (secondary N) is 1. The topological polar surface area (TPSA) is 49.6 Å². The van der Waals surface area contributed by atoms with Crippen molar-refractivity contribution in [3.8, 4) is 0 Å². The van der Waals surface area contributed by atoms with Gasteiger partial charge in [0.2, 0.25) is 0 Å². The van der Waals surface area contributed by atoms with E-state index in [1.165, 1.54) is 0 Å². The van der Waals surface area contributed by atoms with Crippen molar-refractivity contribution >= 4 is 11.4 Å². The standard InChI is InChI=1S/C16H22N4O/c1-2-10-19(13-6-8-17-9-7-13)16(21)14-12-18-20-11-4-3-5-15(14)20/h3-5,11-13,17H,2,6-10H2,1H3. The van der Waals surface area contributed by atoms with Gasteiger partial charge in [0, 0.05) is 18.8 Å². The lowest BCUT2D eigenvalue weighted by Crippen LogP contribution is -2.46. The minimum absolute atomic E-state index is 0.116. The van der Waals surface area contributed by atoms with E-state index in [-0.39, 0.29) is 5.91 Å². The smallest absolute Gasteiger partial charge is 0.257 e. The molecule has 1 amide bonds. The first kappa shape index (κ1) is 14.1. The molecule has 5 nitrogen and oxygen atoms in total. The van der Waals surface area contributed by atoms with Gasteiger partial charge < -0.3 is 10.2 Å². The largest absolute Gasteiger partial charge is 0.335 e. The molecule has 0 radical (unpaired) electrons. The van der Waals surface area contributed by atoms with Crippen LogP contribution in [-0.2, 0) is 0 Å². The number of rotatable bonds is 4. The molecule has 0 bridgehead atoms. The van der Waals surface area contributed by atoms with Crippen molar-refractivity contribution in [3.05, 3.63) is 36.2 Å². The van der Waals surface area contributed by atoms with E-state index < -0.39 is 0 Å². The Hall–Kier alpha value is -1.88. The lowest BCUT2D eigenvalue weighted by atomic mass is 10.0. The van der Waals surface area contributed by atoms with Crippen LogP contribution in [0.15, 0.2) is 30.6 Å². The summed E-state index contributed by atoms with van der Waals surface area (Å²) in [5.41, 5.74) is 1.60. The molecule has 0 saturated carbocycles. The van der Waals surface area contributed by atoms with Gasteiger partial charge in [-0.05, 0) is 44.5 Å². The molecular weight excluding hydrogens is 264 g/mol. The minimum Gasteiger partial charge on any atom is -0.335 e. The third-order valence-corrected chi connectivity index (χ3v) is 4.13. The van der Waals surface area contributed by atoms with E-state index in [2.05, 4.69) is 17.3 Å². The second-order valence-electron chi connectivity index (χ2n) is 5.57. The summed E-state index contributed by atoms with van der Waals surface area (Å²) in [6.45, 7) is 4.92. The Morgan fingerprint density at radius 2 is 2.24 bits per heavy atom. The maximum Gasteiger partial charge on any atom is 0.257 e. The fourth-order valence-electron chi connectivity index (χ4n) is 3.06. The first-order chi connectivity index (χ1) is 10.3. The van der Waals surface area contributed by atoms with Crippen LogP contribution in [0.5, 0.6) is 0 Å². The molecule has 1 N–H and O–H groups in total. The van der Waals surface area contributed by atoms with Gasteiger partial charge in [0.25, 0.3) is 5.91 Å². The number of carbonyl (C=O) groups excluding carboxylic acids is 1. The number of hydrogen-bond acceptors (Lipinski definition) is 3. The van der Waals surface area contributed by atoms with Crippen LogP contribution < -0.4 is 5.32 Å². The Morgan fingerprint density at radius 1 is 1.43 bits per heavy atom. The molecule has 2 aromatic rings. The van der Waals surface area contributed by atoms with Crippen LogP contribution in [0.3, 0.4) is 0 Å². The van der Waals surface area contributed by atoms with E-state index >= 15 is 0 Å². The van der Waals surface area contributed by atoms with Gasteiger partial charge >= 0.3 is 0 Å². The highest BCUT2D eigenvalue weighted by atomic mass is 16.2. The number of aromatic nitrogens is 2. The lowest BCUT2D eigenvalue weighted by molar-refractivity contribution is 0.0644. The molecule has 0 aliphatic carbocycles. The lowest BCUT2D eigenvalue weighted by Gasteiger charge is -2.34. The number of amides is 1. The highest BCUT2D eigenvalue weighted by Crippen LogP contribution is 2.19. The molecule has 1 aliphatic heterocycles. The molecular formula is C16H22N4O. The Morgan fingerprint density at radius 3 is 3.00 bits per heavy atom. The van der Waals surface area contributed by atoms with Gasteiger partial charge in [-0.2, -0.15) is 5.10 Å². The molecule has 1 saturated heterocycles. The SMILES string of the molecule is CCCN(C(=O)c1cnn2ccccc12)C1CCNCC1. The molecule has 21 heavy (non-hydrogen) atoms. The Bertz CT molecular complexity index is 616. The van der Waals surface area contributed by atoms with Crippen molar-refractivity contribution in [2.45, 2.75) is 32.2 Å². The molecule has 0 unspecified atom stereocenters. The predicted octanol–water partition coefficient (Wildman–Crippen LogP) is 1.94. The van der Waals surface area contributed by atoms with Gasteiger partial charge in [0.15, 0.2) is 0 Å². The Labute approximate surface area is 124 Å². The van der Waals surface area contributed by atoms with Crippen molar-refractivity contribution in [3.63, 3.8) is 0 Å². The number of pyridine rings is 1. The van der Waals surface area contributed by atoms with Gasteiger partial charge in [0.1, 0.15) is 0 Å². The molecule has 0 spiro atoms. The van der Waals surface area contributed by atoms with Crippen LogP contribution in [0, 0.1) is 0 Å². The molecule has 5 heteroatoms. The Balaban J connectivity index is 1.89. The summed E-state index contributed by atoms with van der Waals surface area (Å²) in [6.07, 6.45) is 6.62. The third kappa shape index (κ3) is 2.78. The zero-order chi connectivity index (χ0) is 14.7. The summed E-state index contributed by atoms with van der Waals surface area (Å²) in [4.78, 5) is 15.0. The van der Waals surface area contributed by atoms with Gasteiger partial charge in [0.05, 0.1) is 17.3 Å². The summed E-state index contributed by atoms with van der Waals surface area (Å²) in [5, 5.41) is 7.64. The van der Waals surface area contributed by atoms with Gasteiger partial charge in [-0.15, -0.1) is 0 Å². The van der Waals surface area contributed by atoms with E-state index in [9.17, 15) is 4.79 Å². The minimum atomic E-state index is 0.116. The molecule has 1 aliphatic rings. The van der Waals surface area contributed by atoms with Crippen molar-refractivity contribution in [2.24, 2.45) is 0 Å². The second kappa shape index (κ2) is 6.26. The number of fused-ring (bicyclic) bond motifs is 1. The van der Waals surface area contributed by atoms with Crippen LogP contribution in [-0.4, -0.2) is 46.1 Å². The van der Waals surface area contributed by atoms with Gasteiger partial charge in [-0.1, -0.05) is 13.0 Å². The summed E-state index contributed by atoms with van der Waals surface area (Å²) < 4.78 is 1.76. The van der Waals surface area contributed by atoms with Crippen molar-refractivity contribution in [1.82, 2.24) is 19.8 Å². The maximum atomic E-state index is 13.0. The molecule has 0 atom stereocenters. The van der Waals surface area contributed by atoms with Gasteiger partial charge in [-0.3, -0.25) is 4.79 Å². The van der Waals surface area contributed by atoms with E-state index in [1.807, 2.05) is 29.3 Å². The quantitative estimate of drug-likeness (QED) is 0.934. The molecule has 3 heterocycles. The molecule has 1 fully saturated rings. The zero-order valence-electron chi connectivity index (χ0n) is 12.5. The van der Waals surface area contributed by atoms with Crippen LogP contribution >= 0.6 is 0 Å². The normalized spacial score (nSPS) is 16.2. The first-order valence-corrected chi connectivity index (χ1v) is 7.75. The average Bonchev–Trinajstić information content (AvgIpc) is 2.97. The van der Waals surface area contributed by atoms with Crippen molar-refractivity contribution < 1.29 is 4.79 Å². The zero-order valence-corrected chi connectivity index (χ0v) is 12.5. The van der Waals surface area contributed by atoms with E-state index in [0.29, 0.717) is 11.6 Å². The van der Waals surface area contributed by atoms with E-state index in [1.54, 1.807) is 10.7 Å². The predicted molar refractivity (Wildman–Crippen MR) is 82.4 cm³/mol. The van der Waals surface area contributed by atoms with E-state index in [0.717, 1.165) is 44.4 Å². The molecule has 3 rings (SSSR count).